The van der Waals surface area contributed by atoms with Crippen LogP contribution in [0.2, 0.25) is 0 Å². The third-order valence-electron chi connectivity index (χ3n) is 3.94. The molecule has 134 valence electrons. The largest absolute Gasteiger partial charge is 0.459 e. The summed E-state index contributed by atoms with van der Waals surface area (Å²) in [5.41, 5.74) is 0.863. The Bertz CT molecular complexity index is 585. The first kappa shape index (κ1) is 19.3. The van der Waals surface area contributed by atoms with Crippen LogP contribution in [0, 0.1) is 5.82 Å². The third kappa shape index (κ3) is 4.77. The van der Waals surface area contributed by atoms with Gasteiger partial charge in [0.2, 0.25) is 0 Å². The Hall–Kier alpha value is -0.980. The SMILES string of the molecule is CO[C@@H]1COCC[C@H]1c1ccc(F)cc1C(Br)C(=O)OC(C)(C)C. The predicted octanol–water partition coefficient (Wildman–Crippen LogP) is 4.12. The molecule has 1 aromatic carbocycles. The van der Waals surface area contributed by atoms with Crippen molar-refractivity contribution in [3.8, 4) is 0 Å². The molecular formula is C18H24BrFO4. The number of hydrogen-bond acceptors (Lipinski definition) is 4. The number of carbonyl (C=O) groups excluding carboxylic acids is 1. The first-order valence-electron chi connectivity index (χ1n) is 7.99. The number of carbonyl (C=O) groups is 1. The van der Waals surface area contributed by atoms with Crippen LogP contribution in [0.4, 0.5) is 4.39 Å². The van der Waals surface area contributed by atoms with Gasteiger partial charge in [-0.3, -0.25) is 4.79 Å². The van der Waals surface area contributed by atoms with E-state index in [1.807, 2.05) is 0 Å². The Morgan fingerprint density at radius 3 is 2.75 bits per heavy atom. The molecule has 0 aromatic heterocycles. The number of esters is 1. The molecule has 4 nitrogen and oxygen atoms in total. The van der Waals surface area contributed by atoms with E-state index in [0.29, 0.717) is 18.8 Å². The van der Waals surface area contributed by atoms with E-state index in [2.05, 4.69) is 15.9 Å². The number of halogens is 2. The fraction of sp³-hybridized carbons (Fsp3) is 0.611. The molecule has 1 unspecified atom stereocenters. The minimum absolute atomic E-state index is 0.0434. The van der Waals surface area contributed by atoms with Crippen LogP contribution in [0.5, 0.6) is 0 Å². The second-order valence-electron chi connectivity index (χ2n) is 6.91. The van der Waals surface area contributed by atoms with Crippen molar-refractivity contribution in [3.63, 3.8) is 0 Å². The summed E-state index contributed by atoms with van der Waals surface area (Å²) in [5.74, 6) is -0.778. The Morgan fingerprint density at radius 2 is 2.12 bits per heavy atom. The van der Waals surface area contributed by atoms with Crippen LogP contribution in [0.25, 0.3) is 0 Å². The summed E-state index contributed by atoms with van der Waals surface area (Å²) >= 11 is 3.38. The van der Waals surface area contributed by atoms with Crippen LogP contribution in [0.1, 0.15) is 49.1 Å². The molecule has 0 spiro atoms. The first-order chi connectivity index (χ1) is 11.2. The van der Waals surface area contributed by atoms with Crippen molar-refractivity contribution >= 4 is 21.9 Å². The zero-order chi connectivity index (χ0) is 17.9. The van der Waals surface area contributed by atoms with Gasteiger partial charge in [-0.2, -0.15) is 0 Å². The van der Waals surface area contributed by atoms with Crippen molar-refractivity contribution in [2.24, 2.45) is 0 Å². The molecule has 2 rings (SSSR count). The van der Waals surface area contributed by atoms with Crippen LogP contribution in [0.3, 0.4) is 0 Å². The molecule has 0 aliphatic carbocycles. The summed E-state index contributed by atoms with van der Waals surface area (Å²) in [5, 5.41) is 0. The number of rotatable bonds is 4. The molecule has 6 heteroatoms. The van der Waals surface area contributed by atoms with E-state index in [1.54, 1.807) is 33.9 Å². The van der Waals surface area contributed by atoms with E-state index in [1.165, 1.54) is 12.1 Å². The Morgan fingerprint density at radius 1 is 1.42 bits per heavy atom. The average Bonchev–Trinajstić information content (AvgIpc) is 2.52. The second kappa shape index (κ2) is 7.93. The topological polar surface area (TPSA) is 44.8 Å². The van der Waals surface area contributed by atoms with Crippen LogP contribution < -0.4 is 0 Å². The van der Waals surface area contributed by atoms with E-state index >= 15 is 0 Å². The molecular weight excluding hydrogens is 379 g/mol. The van der Waals surface area contributed by atoms with Crippen LogP contribution in [-0.4, -0.2) is 38.0 Å². The summed E-state index contributed by atoms with van der Waals surface area (Å²) in [6.45, 7) is 6.50. The molecule has 1 aromatic rings. The molecule has 1 saturated heterocycles. The summed E-state index contributed by atoms with van der Waals surface area (Å²) in [4.78, 5) is 11.7. The Balaban J connectivity index is 2.35. The molecule has 1 aliphatic rings. The van der Waals surface area contributed by atoms with E-state index in [-0.39, 0.29) is 17.8 Å². The summed E-state index contributed by atoms with van der Waals surface area (Å²) in [6, 6.07) is 4.53. The van der Waals surface area contributed by atoms with Crippen molar-refractivity contribution in [1.82, 2.24) is 0 Å². The normalized spacial score (nSPS) is 22.9. The average molecular weight is 403 g/mol. The lowest BCUT2D eigenvalue weighted by Gasteiger charge is -2.32. The molecule has 1 fully saturated rings. The maximum atomic E-state index is 13.8. The van der Waals surface area contributed by atoms with Gasteiger partial charge in [0.15, 0.2) is 0 Å². The van der Waals surface area contributed by atoms with Gasteiger partial charge in [-0.1, -0.05) is 22.0 Å². The lowest BCUT2D eigenvalue weighted by atomic mass is 9.85. The lowest BCUT2D eigenvalue weighted by molar-refractivity contribution is -0.154. The number of methoxy groups -OCH3 is 1. The highest BCUT2D eigenvalue weighted by Crippen LogP contribution is 2.37. The van der Waals surface area contributed by atoms with E-state index < -0.39 is 16.4 Å². The number of hydrogen-bond donors (Lipinski definition) is 0. The summed E-state index contributed by atoms with van der Waals surface area (Å²) in [6.07, 6.45) is 0.631. The standard InChI is InChI=1S/C18H24BrFO4/c1-18(2,3)24-17(21)16(19)14-9-11(20)5-6-12(14)13-7-8-23-10-15(13)22-4/h5-6,9,13,15-16H,7-8,10H2,1-4H3/t13-,15+,16?/m0/s1. The van der Waals surface area contributed by atoms with E-state index in [9.17, 15) is 9.18 Å². The lowest BCUT2D eigenvalue weighted by Crippen LogP contribution is -2.33. The number of ether oxygens (including phenoxy) is 3. The van der Waals surface area contributed by atoms with Crippen molar-refractivity contribution < 1.29 is 23.4 Å². The highest BCUT2D eigenvalue weighted by molar-refractivity contribution is 9.09. The fourth-order valence-corrected chi connectivity index (χ4v) is 3.37. The summed E-state index contributed by atoms with van der Waals surface area (Å²) in [7, 11) is 1.63. The van der Waals surface area contributed by atoms with Gasteiger partial charge in [-0.05, 0) is 50.5 Å². The fourth-order valence-electron chi connectivity index (χ4n) is 2.88. The predicted molar refractivity (Wildman–Crippen MR) is 92.9 cm³/mol. The van der Waals surface area contributed by atoms with Gasteiger partial charge in [0.25, 0.3) is 0 Å². The van der Waals surface area contributed by atoms with Gasteiger partial charge >= 0.3 is 5.97 Å². The first-order valence-corrected chi connectivity index (χ1v) is 8.91. The zero-order valence-electron chi connectivity index (χ0n) is 14.5. The summed E-state index contributed by atoms with van der Waals surface area (Å²) < 4.78 is 30.2. The van der Waals surface area contributed by atoms with E-state index in [0.717, 1.165) is 12.0 Å². The van der Waals surface area contributed by atoms with Crippen LogP contribution in [0.15, 0.2) is 18.2 Å². The maximum absolute atomic E-state index is 13.8. The minimum atomic E-state index is -0.734. The van der Waals surface area contributed by atoms with E-state index in [4.69, 9.17) is 14.2 Å². The minimum Gasteiger partial charge on any atom is -0.459 e. The second-order valence-corrected chi connectivity index (χ2v) is 7.83. The molecule has 3 atom stereocenters. The van der Waals surface area contributed by atoms with Crippen LogP contribution >= 0.6 is 15.9 Å². The number of alkyl halides is 1. The van der Waals surface area contributed by atoms with Gasteiger partial charge in [-0.15, -0.1) is 0 Å². The van der Waals surface area contributed by atoms with Gasteiger partial charge in [0, 0.05) is 19.6 Å². The molecule has 0 bridgehead atoms. The molecule has 0 radical (unpaired) electrons. The zero-order valence-corrected chi connectivity index (χ0v) is 16.1. The quantitative estimate of drug-likeness (QED) is 0.561. The highest BCUT2D eigenvalue weighted by Gasteiger charge is 2.33. The Kier molecular flexibility index (Phi) is 6.39. The van der Waals surface area contributed by atoms with Crippen molar-refractivity contribution in [1.29, 1.82) is 0 Å². The third-order valence-corrected chi connectivity index (χ3v) is 4.81. The van der Waals surface area contributed by atoms with Gasteiger partial charge in [-0.25, -0.2) is 4.39 Å². The van der Waals surface area contributed by atoms with Crippen molar-refractivity contribution in [3.05, 3.63) is 35.1 Å². The van der Waals surface area contributed by atoms with Crippen LogP contribution in [-0.2, 0) is 19.0 Å². The maximum Gasteiger partial charge on any atom is 0.324 e. The smallest absolute Gasteiger partial charge is 0.324 e. The number of benzene rings is 1. The van der Waals surface area contributed by atoms with Gasteiger partial charge in [0.1, 0.15) is 16.2 Å². The van der Waals surface area contributed by atoms with Gasteiger partial charge in [0.05, 0.1) is 12.7 Å². The van der Waals surface area contributed by atoms with Crippen molar-refractivity contribution in [2.75, 3.05) is 20.3 Å². The molecule has 1 aliphatic heterocycles. The molecule has 0 N–H and O–H groups in total. The van der Waals surface area contributed by atoms with Gasteiger partial charge < -0.3 is 14.2 Å². The molecule has 0 amide bonds. The Labute approximate surface area is 150 Å². The molecule has 1 heterocycles. The molecule has 0 saturated carbocycles. The molecule has 24 heavy (non-hydrogen) atoms. The van der Waals surface area contributed by atoms with Crippen molar-refractivity contribution in [2.45, 2.75) is 49.6 Å². The highest BCUT2D eigenvalue weighted by atomic mass is 79.9. The monoisotopic (exact) mass is 402 g/mol.